The van der Waals surface area contributed by atoms with Crippen molar-refractivity contribution in [1.82, 2.24) is 19.7 Å². The van der Waals surface area contributed by atoms with Crippen LogP contribution in [0.1, 0.15) is 41.3 Å². The molecule has 0 fully saturated rings. The van der Waals surface area contributed by atoms with E-state index in [0.29, 0.717) is 29.8 Å². The fraction of sp³-hybridized carbons (Fsp3) is 0.261. The summed E-state index contributed by atoms with van der Waals surface area (Å²) in [5.41, 5.74) is 9.31. The van der Waals surface area contributed by atoms with E-state index in [0.717, 1.165) is 24.0 Å². The molecule has 0 unspecified atom stereocenters. The van der Waals surface area contributed by atoms with Crippen LogP contribution in [0.3, 0.4) is 0 Å². The standard InChI is InChI=1S/C23H24N6O2/c1-3-4-9-26-22(30)17-13-18-21(27-20-15(2)6-5-12-28(20)23(18)31)29(19(17)24)14-16-7-10-25-11-8-16/h5-8,10-13,24H,3-4,9,14H2,1-2H3,(H,26,30)/p+1. The minimum atomic E-state index is -0.301. The summed E-state index contributed by atoms with van der Waals surface area (Å²) < 4.78 is 3.23. The predicted octanol–water partition coefficient (Wildman–Crippen LogP) is 2.00. The maximum atomic E-state index is 13.3. The Kier molecular flexibility index (Phi) is 5.62. The molecule has 4 heterocycles. The fourth-order valence-corrected chi connectivity index (χ4v) is 3.60. The topological polar surface area (TPSA) is 106 Å². The Bertz CT molecular complexity index is 1330. The molecule has 31 heavy (non-hydrogen) atoms. The zero-order chi connectivity index (χ0) is 22.0. The second kappa shape index (κ2) is 8.51. The van der Waals surface area contributed by atoms with Crippen LogP contribution < -0.4 is 21.2 Å². The molecule has 4 aromatic rings. The van der Waals surface area contributed by atoms with Gasteiger partial charge in [0.05, 0.1) is 6.54 Å². The Balaban J connectivity index is 1.99. The van der Waals surface area contributed by atoms with Gasteiger partial charge in [-0.2, -0.15) is 0 Å². The normalized spacial score (nSPS) is 11.2. The Morgan fingerprint density at radius 1 is 1.26 bits per heavy atom. The van der Waals surface area contributed by atoms with E-state index < -0.39 is 0 Å². The summed E-state index contributed by atoms with van der Waals surface area (Å²) >= 11 is 0. The Labute approximate surface area is 179 Å². The summed E-state index contributed by atoms with van der Waals surface area (Å²) in [5.74, 6) is -0.0341. The maximum Gasteiger partial charge on any atom is 0.278 e. The number of nitrogen functional groups attached to an aromatic ring is 1. The first-order valence-corrected chi connectivity index (χ1v) is 10.3. The lowest BCUT2D eigenvalue weighted by molar-refractivity contribution is -0.649. The largest absolute Gasteiger partial charge is 0.352 e. The summed E-state index contributed by atoms with van der Waals surface area (Å²) in [4.78, 5) is 35.0. The van der Waals surface area contributed by atoms with E-state index in [1.807, 2.05) is 25.1 Å². The van der Waals surface area contributed by atoms with Gasteiger partial charge in [-0.3, -0.25) is 19.0 Å². The molecule has 8 heteroatoms. The average molecular weight is 417 g/mol. The van der Waals surface area contributed by atoms with Gasteiger partial charge in [0, 0.05) is 30.7 Å². The zero-order valence-corrected chi connectivity index (χ0v) is 17.6. The van der Waals surface area contributed by atoms with Crippen LogP contribution in [0, 0.1) is 6.92 Å². The first-order chi connectivity index (χ1) is 15.0. The SMILES string of the molecule is CCCCNC(=O)c1cc2c(=O)n3cccc(C)c3nc2[n+](Cc2ccncc2)c1N. The Morgan fingerprint density at radius 2 is 2.03 bits per heavy atom. The number of anilines is 1. The molecular formula is C23H25N6O2+. The van der Waals surface area contributed by atoms with Crippen molar-refractivity contribution >= 4 is 28.4 Å². The number of fused-ring (bicyclic) bond motifs is 2. The van der Waals surface area contributed by atoms with Gasteiger partial charge in [0.1, 0.15) is 10.9 Å². The number of nitrogens with one attached hydrogen (secondary N) is 1. The predicted molar refractivity (Wildman–Crippen MR) is 119 cm³/mol. The highest BCUT2D eigenvalue weighted by molar-refractivity contribution is 6.00. The molecule has 0 aliphatic heterocycles. The van der Waals surface area contributed by atoms with Crippen molar-refractivity contribution in [3.63, 3.8) is 0 Å². The van der Waals surface area contributed by atoms with Crippen LogP contribution in [0.15, 0.2) is 53.7 Å². The van der Waals surface area contributed by atoms with Crippen molar-refractivity contribution in [2.75, 3.05) is 12.3 Å². The number of hydrogen-bond donors (Lipinski definition) is 2. The molecule has 0 aliphatic rings. The molecule has 0 saturated carbocycles. The third kappa shape index (κ3) is 3.84. The number of aryl methyl sites for hydroxylation is 1. The highest BCUT2D eigenvalue weighted by Gasteiger charge is 2.24. The van der Waals surface area contributed by atoms with Gasteiger partial charge >= 0.3 is 0 Å². The minimum Gasteiger partial charge on any atom is -0.352 e. The number of carbonyl (C=O) groups excluding carboxylic acids is 1. The van der Waals surface area contributed by atoms with Crippen molar-refractivity contribution < 1.29 is 9.36 Å². The molecule has 4 rings (SSSR count). The summed E-state index contributed by atoms with van der Waals surface area (Å²) in [6.07, 6.45) is 6.90. The molecule has 158 valence electrons. The second-order valence-corrected chi connectivity index (χ2v) is 7.53. The molecule has 0 radical (unpaired) electrons. The van der Waals surface area contributed by atoms with Crippen LogP contribution in [-0.4, -0.2) is 26.8 Å². The fourth-order valence-electron chi connectivity index (χ4n) is 3.60. The third-order valence-corrected chi connectivity index (χ3v) is 5.33. The van der Waals surface area contributed by atoms with Crippen LogP contribution in [0.25, 0.3) is 16.7 Å². The molecule has 8 nitrogen and oxygen atoms in total. The van der Waals surface area contributed by atoms with Crippen molar-refractivity contribution in [3.05, 3.63) is 76.0 Å². The Hall–Kier alpha value is -3.81. The van der Waals surface area contributed by atoms with Gasteiger partial charge in [0.25, 0.3) is 17.1 Å². The lowest BCUT2D eigenvalue weighted by Gasteiger charge is -2.13. The summed E-state index contributed by atoms with van der Waals surface area (Å²) in [6, 6.07) is 8.99. The lowest BCUT2D eigenvalue weighted by atomic mass is 10.1. The number of aromatic nitrogens is 4. The molecule has 3 N–H and O–H groups in total. The number of amides is 1. The van der Waals surface area contributed by atoms with Gasteiger partial charge in [0.15, 0.2) is 0 Å². The molecule has 0 atom stereocenters. The zero-order valence-electron chi connectivity index (χ0n) is 17.6. The molecule has 4 aromatic heterocycles. The number of carbonyl (C=O) groups is 1. The number of nitrogens with two attached hydrogens (primary N) is 1. The van der Waals surface area contributed by atoms with E-state index in [1.54, 1.807) is 35.3 Å². The van der Waals surface area contributed by atoms with Crippen molar-refractivity contribution in [1.29, 1.82) is 0 Å². The van der Waals surface area contributed by atoms with Crippen LogP contribution in [-0.2, 0) is 6.54 Å². The first kappa shape index (κ1) is 20.5. The third-order valence-electron chi connectivity index (χ3n) is 5.33. The number of rotatable bonds is 6. The summed E-state index contributed by atoms with van der Waals surface area (Å²) in [5, 5.41) is 3.23. The van der Waals surface area contributed by atoms with Gasteiger partial charge in [-0.05, 0) is 43.2 Å². The molecule has 1 amide bonds. The molecule has 0 spiro atoms. The van der Waals surface area contributed by atoms with Gasteiger partial charge in [-0.1, -0.05) is 24.4 Å². The monoisotopic (exact) mass is 417 g/mol. The molecule has 0 bridgehead atoms. The maximum absolute atomic E-state index is 13.3. The summed E-state index contributed by atoms with van der Waals surface area (Å²) in [7, 11) is 0. The number of hydrogen-bond acceptors (Lipinski definition) is 5. The van der Waals surface area contributed by atoms with Gasteiger partial charge in [-0.15, -0.1) is 0 Å². The lowest BCUT2D eigenvalue weighted by Crippen LogP contribution is -2.43. The van der Waals surface area contributed by atoms with Gasteiger partial charge < -0.3 is 11.1 Å². The minimum absolute atomic E-state index is 0.241. The highest BCUT2D eigenvalue weighted by Crippen LogP contribution is 2.16. The number of unbranched alkanes of at least 4 members (excludes halogenated alkanes) is 1. The van der Waals surface area contributed by atoms with Crippen LogP contribution in [0.5, 0.6) is 0 Å². The smallest absolute Gasteiger partial charge is 0.278 e. The molecule has 0 aliphatic carbocycles. The van der Waals surface area contributed by atoms with Gasteiger partial charge in [0.2, 0.25) is 11.5 Å². The molecular weight excluding hydrogens is 392 g/mol. The first-order valence-electron chi connectivity index (χ1n) is 10.3. The molecule has 0 aromatic carbocycles. The van der Waals surface area contributed by atoms with E-state index in [9.17, 15) is 9.59 Å². The molecule has 0 saturated heterocycles. The Morgan fingerprint density at radius 3 is 2.77 bits per heavy atom. The van der Waals surface area contributed by atoms with E-state index in [-0.39, 0.29) is 22.8 Å². The second-order valence-electron chi connectivity index (χ2n) is 7.53. The number of pyridine rings is 3. The highest BCUT2D eigenvalue weighted by atomic mass is 16.1. The average Bonchev–Trinajstić information content (AvgIpc) is 2.77. The van der Waals surface area contributed by atoms with Crippen molar-refractivity contribution in [2.45, 2.75) is 33.2 Å². The van der Waals surface area contributed by atoms with Crippen LogP contribution in [0.4, 0.5) is 5.82 Å². The van der Waals surface area contributed by atoms with Crippen molar-refractivity contribution in [3.8, 4) is 0 Å². The van der Waals surface area contributed by atoms with E-state index in [2.05, 4.69) is 17.2 Å². The van der Waals surface area contributed by atoms with Crippen molar-refractivity contribution in [2.24, 2.45) is 0 Å². The van der Waals surface area contributed by atoms with Gasteiger partial charge in [-0.25, -0.2) is 4.57 Å². The van der Waals surface area contributed by atoms with E-state index in [4.69, 9.17) is 10.7 Å². The number of nitrogens with zero attached hydrogens (tertiary/aromatic N) is 4. The van der Waals surface area contributed by atoms with Crippen LogP contribution in [0.2, 0.25) is 0 Å². The van der Waals surface area contributed by atoms with Crippen LogP contribution >= 0.6 is 0 Å². The summed E-state index contributed by atoms with van der Waals surface area (Å²) in [6.45, 7) is 4.86. The quantitative estimate of drug-likeness (QED) is 0.284. The van der Waals surface area contributed by atoms with E-state index >= 15 is 0 Å². The van der Waals surface area contributed by atoms with E-state index in [1.165, 1.54) is 4.40 Å².